The highest BCUT2D eigenvalue weighted by Gasteiger charge is 2.10. The summed E-state index contributed by atoms with van der Waals surface area (Å²) in [5, 5.41) is 13.7. The molecule has 0 atom stereocenters. The van der Waals surface area contributed by atoms with Gasteiger partial charge in [0.1, 0.15) is 15.8 Å². The van der Waals surface area contributed by atoms with Gasteiger partial charge in [0.2, 0.25) is 0 Å². The van der Waals surface area contributed by atoms with Gasteiger partial charge in [-0.1, -0.05) is 25.2 Å². The monoisotopic (exact) mass is 405 g/mol. The second kappa shape index (κ2) is 7.42. The van der Waals surface area contributed by atoms with Crippen molar-refractivity contribution in [2.45, 2.75) is 32.7 Å². The van der Waals surface area contributed by atoms with Gasteiger partial charge in [-0.05, 0) is 53.8 Å². The van der Waals surface area contributed by atoms with Gasteiger partial charge in [-0.25, -0.2) is 4.39 Å². The van der Waals surface area contributed by atoms with Crippen molar-refractivity contribution in [1.82, 2.24) is 15.5 Å². The Balaban J connectivity index is 1.98. The zero-order valence-electron chi connectivity index (χ0n) is 11.5. The van der Waals surface area contributed by atoms with Crippen molar-refractivity contribution < 1.29 is 4.39 Å². The lowest BCUT2D eigenvalue weighted by Gasteiger charge is -2.05. The predicted octanol–water partition coefficient (Wildman–Crippen LogP) is 3.88. The Morgan fingerprint density at radius 3 is 2.85 bits per heavy atom. The molecule has 6 heteroatoms. The molecule has 0 aliphatic rings. The number of benzene rings is 1. The first-order chi connectivity index (χ1) is 9.56. The molecule has 0 spiro atoms. The first-order valence-corrected chi connectivity index (χ1v) is 8.47. The smallest absolute Gasteiger partial charge is 0.148 e. The topological polar surface area (TPSA) is 37.8 Å². The van der Waals surface area contributed by atoms with Gasteiger partial charge in [-0.3, -0.25) is 0 Å². The second-order valence-corrected chi connectivity index (χ2v) is 7.06. The lowest BCUT2D eigenvalue weighted by Crippen LogP contribution is -2.23. The van der Waals surface area contributed by atoms with Crippen molar-refractivity contribution in [2.24, 2.45) is 0 Å². The van der Waals surface area contributed by atoms with E-state index in [2.05, 4.69) is 52.0 Å². The van der Waals surface area contributed by atoms with Crippen molar-refractivity contribution >= 4 is 33.9 Å². The second-order valence-electron chi connectivity index (χ2n) is 4.84. The first kappa shape index (κ1) is 15.8. The molecule has 0 aliphatic carbocycles. The highest BCUT2D eigenvalue weighted by molar-refractivity contribution is 14.1. The highest BCUT2D eigenvalue weighted by Crippen LogP contribution is 2.28. The SMILES string of the molecule is CC(C)NCCCc1nnc(-c2ccc(F)cc2I)s1. The molecule has 1 aromatic heterocycles. The maximum atomic E-state index is 13.1. The van der Waals surface area contributed by atoms with Gasteiger partial charge in [0, 0.05) is 21.6 Å². The van der Waals surface area contributed by atoms with Crippen molar-refractivity contribution in [3.05, 3.63) is 32.6 Å². The maximum Gasteiger partial charge on any atom is 0.148 e. The minimum absolute atomic E-state index is 0.220. The average molecular weight is 405 g/mol. The summed E-state index contributed by atoms with van der Waals surface area (Å²) in [5.41, 5.74) is 0.955. The van der Waals surface area contributed by atoms with E-state index < -0.39 is 0 Å². The first-order valence-electron chi connectivity index (χ1n) is 6.57. The standard InChI is InChI=1S/C14H17FIN3S/c1-9(2)17-7-3-4-13-18-19-14(20-13)11-6-5-10(15)8-12(11)16/h5-6,8-9,17H,3-4,7H2,1-2H3. The number of nitrogens with zero attached hydrogens (tertiary/aromatic N) is 2. The number of nitrogens with one attached hydrogen (secondary N) is 1. The number of rotatable bonds is 6. The molecule has 0 fully saturated rings. The maximum absolute atomic E-state index is 13.1. The zero-order chi connectivity index (χ0) is 14.5. The third kappa shape index (κ3) is 4.46. The molecule has 0 bridgehead atoms. The lowest BCUT2D eigenvalue weighted by atomic mass is 10.2. The van der Waals surface area contributed by atoms with Gasteiger partial charge in [0.25, 0.3) is 0 Å². The summed E-state index contributed by atoms with van der Waals surface area (Å²) in [6.07, 6.45) is 1.97. The minimum atomic E-state index is -0.220. The molecule has 3 nitrogen and oxygen atoms in total. The summed E-state index contributed by atoms with van der Waals surface area (Å²) in [6.45, 7) is 5.26. The predicted molar refractivity (Wildman–Crippen MR) is 89.5 cm³/mol. The van der Waals surface area contributed by atoms with Crippen LogP contribution in [0.15, 0.2) is 18.2 Å². The van der Waals surface area contributed by atoms with E-state index in [0.29, 0.717) is 6.04 Å². The Hall–Kier alpha value is -0.600. The van der Waals surface area contributed by atoms with E-state index in [1.54, 1.807) is 17.4 Å². The van der Waals surface area contributed by atoms with E-state index in [1.165, 1.54) is 12.1 Å². The molecule has 0 aliphatic heterocycles. The number of aromatic nitrogens is 2. The number of hydrogen-bond acceptors (Lipinski definition) is 4. The van der Waals surface area contributed by atoms with Crippen molar-refractivity contribution in [2.75, 3.05) is 6.54 Å². The number of halogens is 2. The molecule has 2 rings (SSSR count). The van der Waals surface area contributed by atoms with Crippen LogP contribution in [0.3, 0.4) is 0 Å². The van der Waals surface area contributed by atoms with Crippen LogP contribution < -0.4 is 5.32 Å². The molecule has 0 amide bonds. The van der Waals surface area contributed by atoms with Gasteiger partial charge in [0.15, 0.2) is 0 Å². The van der Waals surface area contributed by atoms with E-state index in [0.717, 1.165) is 38.5 Å². The van der Waals surface area contributed by atoms with Crippen LogP contribution in [-0.4, -0.2) is 22.8 Å². The van der Waals surface area contributed by atoms with E-state index in [4.69, 9.17) is 0 Å². The normalized spacial score (nSPS) is 11.2. The molecule has 0 saturated heterocycles. The van der Waals surface area contributed by atoms with Gasteiger partial charge < -0.3 is 5.32 Å². The summed E-state index contributed by atoms with van der Waals surface area (Å²) in [4.78, 5) is 0. The fourth-order valence-electron chi connectivity index (χ4n) is 1.76. The molecule has 0 unspecified atom stereocenters. The molecule has 20 heavy (non-hydrogen) atoms. The van der Waals surface area contributed by atoms with Gasteiger partial charge in [-0.15, -0.1) is 10.2 Å². The van der Waals surface area contributed by atoms with Crippen LogP contribution in [0.25, 0.3) is 10.6 Å². The van der Waals surface area contributed by atoms with E-state index in [1.807, 2.05) is 0 Å². The Morgan fingerprint density at radius 2 is 2.15 bits per heavy atom. The average Bonchev–Trinajstić information content (AvgIpc) is 2.83. The molecule has 108 valence electrons. The fourth-order valence-corrected chi connectivity index (χ4v) is 3.59. The Morgan fingerprint density at radius 1 is 1.35 bits per heavy atom. The molecule has 1 aromatic carbocycles. The van der Waals surface area contributed by atoms with Crippen LogP contribution in [-0.2, 0) is 6.42 Å². The van der Waals surface area contributed by atoms with Crippen LogP contribution in [0.4, 0.5) is 4.39 Å². The van der Waals surface area contributed by atoms with Crippen LogP contribution in [0.5, 0.6) is 0 Å². The Bertz CT molecular complexity index is 571. The largest absolute Gasteiger partial charge is 0.315 e. The molecular formula is C14H17FIN3S. The Kier molecular flexibility index (Phi) is 5.86. The zero-order valence-corrected chi connectivity index (χ0v) is 14.5. The van der Waals surface area contributed by atoms with Crippen LogP contribution in [0.2, 0.25) is 0 Å². The minimum Gasteiger partial charge on any atom is -0.315 e. The van der Waals surface area contributed by atoms with E-state index >= 15 is 0 Å². The third-order valence-electron chi connectivity index (χ3n) is 2.75. The van der Waals surface area contributed by atoms with Gasteiger partial charge in [0.05, 0.1) is 0 Å². The number of aryl methyl sites for hydroxylation is 1. The van der Waals surface area contributed by atoms with Crippen molar-refractivity contribution in [1.29, 1.82) is 0 Å². The van der Waals surface area contributed by atoms with Crippen molar-refractivity contribution in [3.63, 3.8) is 0 Å². The van der Waals surface area contributed by atoms with Gasteiger partial charge >= 0.3 is 0 Å². The molecule has 0 radical (unpaired) electrons. The molecule has 1 heterocycles. The summed E-state index contributed by atoms with van der Waals surface area (Å²) in [5.74, 6) is -0.220. The number of hydrogen-bond donors (Lipinski definition) is 1. The summed E-state index contributed by atoms with van der Waals surface area (Å²) in [7, 11) is 0. The van der Waals surface area contributed by atoms with Crippen LogP contribution >= 0.6 is 33.9 Å². The quantitative estimate of drug-likeness (QED) is 0.586. The molecule has 2 aromatic rings. The third-order valence-corrected chi connectivity index (χ3v) is 4.66. The lowest BCUT2D eigenvalue weighted by molar-refractivity contribution is 0.569. The van der Waals surface area contributed by atoms with Crippen LogP contribution in [0.1, 0.15) is 25.3 Å². The van der Waals surface area contributed by atoms with Crippen LogP contribution in [0, 0.1) is 9.39 Å². The summed E-state index contributed by atoms with van der Waals surface area (Å²) >= 11 is 3.72. The van der Waals surface area contributed by atoms with E-state index in [9.17, 15) is 4.39 Å². The summed E-state index contributed by atoms with van der Waals surface area (Å²) < 4.78 is 14.0. The Labute approximate surface area is 136 Å². The van der Waals surface area contributed by atoms with Crippen molar-refractivity contribution in [3.8, 4) is 10.6 Å². The summed E-state index contributed by atoms with van der Waals surface area (Å²) in [6, 6.07) is 5.26. The molecular weight excluding hydrogens is 388 g/mol. The van der Waals surface area contributed by atoms with Gasteiger partial charge in [-0.2, -0.15) is 0 Å². The van der Waals surface area contributed by atoms with E-state index in [-0.39, 0.29) is 5.82 Å². The molecule has 1 N–H and O–H groups in total. The highest BCUT2D eigenvalue weighted by atomic mass is 127. The fraction of sp³-hybridized carbons (Fsp3) is 0.429. The molecule has 0 saturated carbocycles.